The molecule has 58 valence electrons. The van der Waals surface area contributed by atoms with Crippen LogP contribution in [0.5, 0.6) is 0 Å². The van der Waals surface area contributed by atoms with Gasteiger partial charge in [-0.3, -0.25) is 9.59 Å². The summed E-state index contributed by atoms with van der Waals surface area (Å²) in [6.45, 7) is 1.34. The number of carboxylic acid groups (broad SMARTS) is 2. The van der Waals surface area contributed by atoms with Crippen molar-refractivity contribution in [3.8, 4) is 0 Å². The Labute approximate surface area is 57.5 Å². The first-order chi connectivity index (χ1) is 4.46. The van der Waals surface area contributed by atoms with Crippen molar-refractivity contribution in [1.29, 1.82) is 0 Å². The van der Waals surface area contributed by atoms with Crippen molar-refractivity contribution in [1.82, 2.24) is 0 Å². The van der Waals surface area contributed by atoms with Gasteiger partial charge < -0.3 is 15.9 Å². The standard InChI is InChI=1S/C5H9NO4/c1-2(6)3(4(7)8)5(9)10/h2-3H,6H2,1H3,(H,7,8)(H,9,10). The summed E-state index contributed by atoms with van der Waals surface area (Å²) in [6.07, 6.45) is 0. The second-order valence-electron chi connectivity index (χ2n) is 2.01. The van der Waals surface area contributed by atoms with Gasteiger partial charge in [-0.25, -0.2) is 0 Å². The van der Waals surface area contributed by atoms with Crippen LogP contribution >= 0.6 is 0 Å². The van der Waals surface area contributed by atoms with Crippen LogP contribution in [0.1, 0.15) is 6.92 Å². The molecular formula is C5H9NO4. The van der Waals surface area contributed by atoms with Gasteiger partial charge in [0, 0.05) is 6.04 Å². The average molecular weight is 147 g/mol. The molecule has 0 spiro atoms. The van der Waals surface area contributed by atoms with Gasteiger partial charge in [0.05, 0.1) is 0 Å². The molecule has 0 aromatic heterocycles. The van der Waals surface area contributed by atoms with Crippen molar-refractivity contribution < 1.29 is 19.8 Å². The van der Waals surface area contributed by atoms with Gasteiger partial charge in [0.1, 0.15) is 0 Å². The molecule has 0 fully saturated rings. The Morgan fingerprint density at radius 2 is 1.60 bits per heavy atom. The lowest BCUT2D eigenvalue weighted by atomic mass is 10.0. The Morgan fingerprint density at radius 3 is 1.60 bits per heavy atom. The predicted molar refractivity (Wildman–Crippen MR) is 32.4 cm³/mol. The van der Waals surface area contributed by atoms with Crippen LogP contribution in [0.15, 0.2) is 0 Å². The van der Waals surface area contributed by atoms with Crippen LogP contribution in [0.4, 0.5) is 0 Å². The van der Waals surface area contributed by atoms with Crippen LogP contribution in [-0.4, -0.2) is 28.2 Å². The zero-order valence-electron chi connectivity index (χ0n) is 5.44. The fourth-order valence-electron chi connectivity index (χ4n) is 0.555. The van der Waals surface area contributed by atoms with Crippen LogP contribution in [0.3, 0.4) is 0 Å². The van der Waals surface area contributed by atoms with Crippen molar-refractivity contribution in [2.45, 2.75) is 13.0 Å². The van der Waals surface area contributed by atoms with Gasteiger partial charge >= 0.3 is 11.9 Å². The van der Waals surface area contributed by atoms with Gasteiger partial charge in [-0.1, -0.05) is 0 Å². The summed E-state index contributed by atoms with van der Waals surface area (Å²) in [5.74, 6) is -4.30. The fourth-order valence-corrected chi connectivity index (χ4v) is 0.555. The molecule has 1 unspecified atom stereocenters. The van der Waals surface area contributed by atoms with Crippen LogP contribution in [0.25, 0.3) is 0 Å². The van der Waals surface area contributed by atoms with Gasteiger partial charge in [-0.05, 0) is 6.92 Å². The summed E-state index contributed by atoms with van der Waals surface area (Å²) in [4.78, 5) is 20.2. The largest absolute Gasteiger partial charge is 0.481 e. The molecule has 0 bridgehead atoms. The minimum atomic E-state index is -1.50. The third-order valence-electron chi connectivity index (χ3n) is 1.06. The Bertz CT molecular complexity index is 140. The quantitative estimate of drug-likeness (QED) is 0.450. The molecular weight excluding hydrogens is 138 g/mol. The molecule has 5 nitrogen and oxygen atoms in total. The molecule has 4 N–H and O–H groups in total. The van der Waals surface area contributed by atoms with E-state index in [0.29, 0.717) is 0 Å². The molecule has 0 saturated heterocycles. The highest BCUT2D eigenvalue weighted by Gasteiger charge is 2.29. The molecule has 0 amide bonds. The molecule has 0 rings (SSSR count). The Kier molecular flexibility index (Phi) is 2.82. The Morgan fingerprint density at radius 1 is 1.30 bits per heavy atom. The van der Waals surface area contributed by atoms with Crippen molar-refractivity contribution in [3.63, 3.8) is 0 Å². The smallest absolute Gasteiger partial charge is 0.319 e. The number of nitrogens with two attached hydrogens (primary N) is 1. The SMILES string of the molecule is CC(N)C(C(=O)O)C(=O)O. The van der Waals surface area contributed by atoms with E-state index in [0.717, 1.165) is 0 Å². The molecule has 5 heteroatoms. The zero-order chi connectivity index (χ0) is 8.31. The van der Waals surface area contributed by atoms with E-state index in [1.54, 1.807) is 0 Å². The number of carboxylic acids is 2. The molecule has 1 atom stereocenters. The van der Waals surface area contributed by atoms with Gasteiger partial charge in [0.15, 0.2) is 5.92 Å². The van der Waals surface area contributed by atoms with Crippen molar-refractivity contribution in [3.05, 3.63) is 0 Å². The van der Waals surface area contributed by atoms with Crippen molar-refractivity contribution >= 4 is 11.9 Å². The van der Waals surface area contributed by atoms with Crippen molar-refractivity contribution in [2.75, 3.05) is 0 Å². The van der Waals surface area contributed by atoms with E-state index in [1.807, 2.05) is 0 Å². The van der Waals surface area contributed by atoms with E-state index in [4.69, 9.17) is 15.9 Å². The summed E-state index contributed by atoms with van der Waals surface area (Å²) < 4.78 is 0. The van der Waals surface area contributed by atoms with Crippen LogP contribution in [-0.2, 0) is 9.59 Å². The lowest BCUT2D eigenvalue weighted by Crippen LogP contribution is -2.38. The Balaban J connectivity index is 4.27. The maximum absolute atomic E-state index is 10.1. The predicted octanol–water partition coefficient (Wildman–Crippen LogP) is -0.881. The maximum atomic E-state index is 10.1. The third-order valence-corrected chi connectivity index (χ3v) is 1.06. The molecule has 10 heavy (non-hydrogen) atoms. The number of hydrogen-bond donors (Lipinski definition) is 3. The summed E-state index contributed by atoms with van der Waals surface area (Å²) in [5, 5.41) is 16.5. The molecule has 0 radical (unpaired) electrons. The highest BCUT2D eigenvalue weighted by molar-refractivity contribution is 5.93. The topological polar surface area (TPSA) is 101 Å². The van der Waals surface area contributed by atoms with E-state index in [9.17, 15) is 9.59 Å². The van der Waals surface area contributed by atoms with Crippen molar-refractivity contribution in [2.24, 2.45) is 11.7 Å². The highest BCUT2D eigenvalue weighted by Crippen LogP contribution is 2.00. The average Bonchev–Trinajstić information content (AvgIpc) is 1.59. The molecule has 0 aliphatic rings. The maximum Gasteiger partial charge on any atom is 0.319 e. The number of aliphatic carboxylic acids is 2. The van der Waals surface area contributed by atoms with Gasteiger partial charge in [-0.2, -0.15) is 0 Å². The first-order valence-corrected chi connectivity index (χ1v) is 2.68. The second kappa shape index (κ2) is 3.17. The summed E-state index contributed by atoms with van der Waals surface area (Å²) >= 11 is 0. The minimum absolute atomic E-state index is 0.866. The normalized spacial score (nSPS) is 13.1. The van der Waals surface area contributed by atoms with E-state index >= 15 is 0 Å². The highest BCUT2D eigenvalue weighted by atomic mass is 16.4. The number of hydrogen-bond acceptors (Lipinski definition) is 3. The van der Waals surface area contributed by atoms with Gasteiger partial charge in [-0.15, -0.1) is 0 Å². The molecule has 0 aliphatic carbocycles. The van der Waals surface area contributed by atoms with E-state index in [-0.39, 0.29) is 0 Å². The van der Waals surface area contributed by atoms with Crippen LogP contribution < -0.4 is 5.73 Å². The zero-order valence-corrected chi connectivity index (χ0v) is 5.44. The van der Waals surface area contributed by atoms with E-state index in [1.165, 1.54) is 6.92 Å². The first-order valence-electron chi connectivity index (χ1n) is 2.68. The third kappa shape index (κ3) is 2.02. The van der Waals surface area contributed by atoms with Crippen LogP contribution in [0, 0.1) is 5.92 Å². The summed E-state index contributed by atoms with van der Waals surface area (Å²) in [6, 6.07) is -0.866. The first kappa shape index (κ1) is 8.90. The minimum Gasteiger partial charge on any atom is -0.481 e. The molecule has 0 heterocycles. The van der Waals surface area contributed by atoms with Gasteiger partial charge in [0.2, 0.25) is 0 Å². The summed E-state index contributed by atoms with van der Waals surface area (Å²) in [7, 11) is 0. The summed E-state index contributed by atoms with van der Waals surface area (Å²) in [5.41, 5.74) is 5.08. The Hall–Kier alpha value is -1.10. The second-order valence-corrected chi connectivity index (χ2v) is 2.01. The lowest BCUT2D eigenvalue weighted by molar-refractivity contribution is -0.155. The van der Waals surface area contributed by atoms with Gasteiger partial charge in [0.25, 0.3) is 0 Å². The fraction of sp³-hybridized carbons (Fsp3) is 0.600. The monoisotopic (exact) mass is 147 g/mol. The molecule has 0 saturated carbocycles. The molecule has 0 aromatic carbocycles. The van der Waals surface area contributed by atoms with E-state index < -0.39 is 23.9 Å². The number of carbonyl (C=O) groups is 2. The van der Waals surface area contributed by atoms with Crippen LogP contribution in [0.2, 0.25) is 0 Å². The van der Waals surface area contributed by atoms with E-state index in [2.05, 4.69) is 0 Å². The lowest BCUT2D eigenvalue weighted by Gasteiger charge is -2.09. The number of rotatable bonds is 3. The molecule has 0 aromatic rings. The molecule has 0 aliphatic heterocycles.